The van der Waals surface area contributed by atoms with Gasteiger partial charge in [-0.25, -0.2) is 0 Å². The molecule has 0 saturated carbocycles. The van der Waals surface area contributed by atoms with Crippen LogP contribution in [0.3, 0.4) is 0 Å². The molecule has 1 N–H and O–H groups in total. The van der Waals surface area contributed by atoms with E-state index in [0.29, 0.717) is 23.7 Å². The predicted molar refractivity (Wildman–Crippen MR) is 214 cm³/mol. The number of allylic oxidation sites excluding steroid dienone is 6. The van der Waals surface area contributed by atoms with Crippen molar-refractivity contribution in [2.45, 2.75) is 186 Å². The monoisotopic (exact) mass is 671 g/mol. The van der Waals surface area contributed by atoms with Crippen molar-refractivity contribution >= 4 is 17.1 Å². The van der Waals surface area contributed by atoms with Crippen molar-refractivity contribution in [1.29, 1.82) is 0 Å². The number of fused-ring (bicyclic) bond motifs is 6. The Labute approximate surface area is 302 Å². The van der Waals surface area contributed by atoms with Gasteiger partial charge in [0.05, 0.1) is 11.6 Å². The molecule has 0 spiro atoms. The van der Waals surface area contributed by atoms with Crippen molar-refractivity contribution in [2.75, 3.05) is 0 Å². The zero-order valence-corrected chi connectivity index (χ0v) is 34.6. The fraction of sp³-hybridized carbons (Fsp3) is 0.800. The summed E-state index contributed by atoms with van der Waals surface area (Å²) in [6.45, 7) is 36.7. The van der Waals surface area contributed by atoms with Crippen molar-refractivity contribution in [3.8, 4) is 0 Å². The van der Waals surface area contributed by atoms with Crippen LogP contribution in [0.25, 0.3) is 0 Å². The van der Waals surface area contributed by atoms with Gasteiger partial charge < -0.3 is 5.32 Å². The highest BCUT2D eigenvalue weighted by Gasteiger charge is 2.64. The maximum atomic E-state index is 6.11. The van der Waals surface area contributed by atoms with E-state index in [1.54, 1.807) is 0 Å². The molecule has 9 atom stereocenters. The van der Waals surface area contributed by atoms with Gasteiger partial charge in [0, 0.05) is 73.6 Å². The van der Waals surface area contributed by atoms with Crippen LogP contribution >= 0.6 is 0 Å². The van der Waals surface area contributed by atoms with Crippen LogP contribution < -0.4 is 5.32 Å². The summed E-state index contributed by atoms with van der Waals surface area (Å²) in [5, 5.41) is 4.19. The lowest BCUT2D eigenvalue weighted by Crippen LogP contribution is -2.54. The van der Waals surface area contributed by atoms with Crippen molar-refractivity contribution in [1.82, 2.24) is 5.32 Å². The van der Waals surface area contributed by atoms with Crippen LogP contribution in [-0.4, -0.2) is 28.7 Å². The summed E-state index contributed by atoms with van der Waals surface area (Å²) in [4.78, 5) is 17.9. The third-order valence-electron chi connectivity index (χ3n) is 15.5. The molecule has 0 amide bonds. The molecule has 5 aliphatic heterocycles. The fourth-order valence-corrected chi connectivity index (χ4v) is 12.0. The molecule has 49 heavy (non-hydrogen) atoms. The van der Waals surface area contributed by atoms with E-state index in [-0.39, 0.29) is 33.2 Å². The van der Waals surface area contributed by atoms with Crippen LogP contribution in [-0.2, 0) is 0 Å². The van der Waals surface area contributed by atoms with E-state index < -0.39 is 0 Å². The van der Waals surface area contributed by atoms with Gasteiger partial charge in [-0.2, -0.15) is 0 Å². The maximum Gasteiger partial charge on any atom is 0.0868 e. The van der Waals surface area contributed by atoms with Gasteiger partial charge in [-0.3, -0.25) is 15.0 Å². The predicted octanol–water partition coefficient (Wildman–Crippen LogP) is 12.5. The highest BCUT2D eigenvalue weighted by atomic mass is 15.1. The van der Waals surface area contributed by atoms with Gasteiger partial charge >= 0.3 is 0 Å². The Kier molecular flexibility index (Phi) is 10.6. The van der Waals surface area contributed by atoms with Gasteiger partial charge in [0.2, 0.25) is 0 Å². The first kappa shape index (κ1) is 38.3. The van der Waals surface area contributed by atoms with Gasteiger partial charge in [-0.15, -0.1) is 0 Å². The summed E-state index contributed by atoms with van der Waals surface area (Å²) in [5.41, 5.74) is 10.5. The minimum Gasteiger partial charge on any atom is -0.361 e. The molecular formula is C45H74N4. The first-order valence-electron chi connectivity index (χ1n) is 20.7. The van der Waals surface area contributed by atoms with Crippen LogP contribution in [0.5, 0.6) is 0 Å². The molecule has 0 aromatic heterocycles. The standard InChI is InChI=1S/C45H74N4/c1-16-23-31-34-27-35-41(10,11)32(24-17-2)36(47-35)28(8)39-43(13,26-19-4)30(20-5)40(48-39)45(15)44(14,22-7)33(25-18-3)37(49-45)29(9)38(46-34)42(31,12)21-6/h27,30-33,40,46H,16-26H2,1-15H3/b34-27-,36-28?,38-29-/t30-,31+,32+,33+,40+,42-,43+,44-,45-/m0/s1. The Morgan fingerprint density at radius 3 is 1.88 bits per heavy atom. The maximum absolute atomic E-state index is 6.11. The molecular weight excluding hydrogens is 597 g/mol. The average Bonchev–Trinajstić information content (AvgIpc) is 3.68. The summed E-state index contributed by atoms with van der Waals surface area (Å²) >= 11 is 0. The molecule has 5 rings (SSSR count). The lowest BCUT2D eigenvalue weighted by Gasteiger charge is -2.48. The summed E-state index contributed by atoms with van der Waals surface area (Å²) in [5.74, 6) is 1.67. The van der Waals surface area contributed by atoms with E-state index in [9.17, 15) is 0 Å². The molecule has 1 fully saturated rings. The van der Waals surface area contributed by atoms with Crippen molar-refractivity contribution in [3.63, 3.8) is 0 Å². The second-order valence-corrected chi connectivity index (χ2v) is 18.3. The number of nitrogens with zero attached hydrogens (tertiary/aromatic N) is 3. The van der Waals surface area contributed by atoms with E-state index in [1.165, 1.54) is 71.1 Å². The molecule has 4 heteroatoms. The third kappa shape index (κ3) is 5.36. The van der Waals surface area contributed by atoms with Crippen molar-refractivity contribution in [3.05, 3.63) is 34.3 Å². The third-order valence-corrected chi connectivity index (χ3v) is 15.5. The second-order valence-electron chi connectivity index (χ2n) is 18.3. The highest BCUT2D eigenvalue weighted by Crippen LogP contribution is 2.62. The topological polar surface area (TPSA) is 49.1 Å². The molecule has 5 heterocycles. The average molecular weight is 671 g/mol. The molecule has 0 aromatic rings. The lowest BCUT2D eigenvalue weighted by molar-refractivity contribution is 0.0665. The van der Waals surface area contributed by atoms with Crippen LogP contribution in [0.2, 0.25) is 0 Å². The number of rotatable bonds is 11. The first-order valence-corrected chi connectivity index (χ1v) is 20.7. The zero-order chi connectivity index (χ0) is 36.3. The molecule has 1 saturated heterocycles. The summed E-state index contributed by atoms with van der Waals surface area (Å²) in [6, 6.07) is 0.141. The SMILES string of the molecule is CCC[C@@H]1C2=C(C)C3=N[C@H]([C@H](CC)[C@@]3(C)CCC)[C@]3(C)N=C(/C(C)=C4\N/C(=C\C(=N2)C1(C)C)[C@@H](CCC)[C@]4(C)CC)[C@@H](CCC)[C@]3(C)CC. The molecule has 0 unspecified atom stereocenters. The van der Waals surface area contributed by atoms with E-state index in [0.717, 1.165) is 44.9 Å². The van der Waals surface area contributed by atoms with Crippen molar-refractivity contribution < 1.29 is 0 Å². The van der Waals surface area contributed by atoms with Gasteiger partial charge in [0.25, 0.3) is 0 Å². The van der Waals surface area contributed by atoms with Crippen LogP contribution in [0.15, 0.2) is 49.3 Å². The molecule has 0 aromatic carbocycles. The van der Waals surface area contributed by atoms with Gasteiger partial charge in [-0.1, -0.05) is 115 Å². The van der Waals surface area contributed by atoms with Gasteiger partial charge in [0.15, 0.2) is 0 Å². The Balaban J connectivity index is 1.95. The molecule has 0 aliphatic carbocycles. The van der Waals surface area contributed by atoms with E-state index in [1.807, 2.05) is 0 Å². The molecule has 0 radical (unpaired) electrons. The van der Waals surface area contributed by atoms with Crippen molar-refractivity contribution in [2.24, 2.45) is 60.3 Å². The van der Waals surface area contributed by atoms with E-state index in [4.69, 9.17) is 15.0 Å². The summed E-state index contributed by atoms with van der Waals surface area (Å²) in [7, 11) is 0. The second kappa shape index (κ2) is 13.5. The quantitative estimate of drug-likeness (QED) is 0.234. The summed E-state index contributed by atoms with van der Waals surface area (Å²) < 4.78 is 0. The molecule has 4 nitrogen and oxygen atoms in total. The number of aliphatic imine (C=N–C) groups is 3. The normalized spacial score (nSPS) is 42.3. The van der Waals surface area contributed by atoms with Crippen LogP contribution in [0.1, 0.15) is 174 Å². The molecule has 5 aliphatic rings. The van der Waals surface area contributed by atoms with E-state index in [2.05, 4.69) is 115 Å². The summed E-state index contributed by atoms with van der Waals surface area (Å²) in [6.07, 6.45) is 15.1. The van der Waals surface area contributed by atoms with E-state index >= 15 is 0 Å². The van der Waals surface area contributed by atoms with Gasteiger partial charge in [0.1, 0.15) is 0 Å². The minimum atomic E-state index is -0.295. The smallest absolute Gasteiger partial charge is 0.0868 e. The first-order chi connectivity index (χ1) is 23.1. The number of hydrogen-bond donors (Lipinski definition) is 1. The largest absolute Gasteiger partial charge is 0.361 e. The fourth-order valence-electron chi connectivity index (χ4n) is 12.0. The Morgan fingerprint density at radius 1 is 0.714 bits per heavy atom. The Morgan fingerprint density at radius 2 is 1.33 bits per heavy atom. The Bertz CT molecular complexity index is 1480. The molecule has 8 bridgehead atoms. The number of hydrogen-bond acceptors (Lipinski definition) is 4. The lowest BCUT2D eigenvalue weighted by atomic mass is 9.56. The van der Waals surface area contributed by atoms with Crippen LogP contribution in [0, 0.1) is 45.3 Å². The zero-order valence-electron chi connectivity index (χ0n) is 34.6. The van der Waals surface area contributed by atoms with Crippen LogP contribution in [0.4, 0.5) is 0 Å². The highest BCUT2D eigenvalue weighted by molar-refractivity contribution is 6.09. The minimum absolute atomic E-state index is 0.00273. The Hall–Kier alpha value is -1.97. The van der Waals surface area contributed by atoms with Gasteiger partial charge in [-0.05, 0) is 82.4 Å². The molecule has 274 valence electrons. The number of nitrogens with one attached hydrogen (secondary N) is 1.